The van der Waals surface area contributed by atoms with Crippen LogP contribution in [0.4, 0.5) is 0 Å². The summed E-state index contributed by atoms with van der Waals surface area (Å²) in [7, 11) is 0. The van der Waals surface area contributed by atoms with Crippen LogP contribution in [0.25, 0.3) is 109 Å². The number of para-hydroxylation sites is 1. The molecule has 0 N–H and O–H groups in total. The fraction of sp³-hybridized carbons (Fsp3) is 0. The maximum Gasteiger partial charge on any atom is 0.143 e. The molecule has 2 heteroatoms. The predicted molar refractivity (Wildman–Crippen MR) is 213 cm³/mol. The number of hydrogen-bond acceptors (Lipinski definition) is 2. The Morgan fingerprint density at radius 3 is 1.50 bits per heavy atom. The molecule has 0 radical (unpaired) electrons. The van der Waals surface area contributed by atoms with Crippen LogP contribution >= 0.6 is 11.3 Å². The summed E-state index contributed by atoms with van der Waals surface area (Å²) in [4.78, 5) is 0. The van der Waals surface area contributed by atoms with Gasteiger partial charge >= 0.3 is 0 Å². The zero-order valence-electron chi connectivity index (χ0n) is 27.0. The van der Waals surface area contributed by atoms with Gasteiger partial charge in [-0.3, -0.25) is 0 Å². The Morgan fingerprint density at radius 2 is 0.800 bits per heavy atom. The van der Waals surface area contributed by atoms with Crippen LogP contribution in [0.1, 0.15) is 0 Å². The molecule has 2 aromatic heterocycles. The summed E-state index contributed by atoms with van der Waals surface area (Å²) in [5, 5.41) is 4.90. The van der Waals surface area contributed by atoms with Gasteiger partial charge in [0.15, 0.2) is 0 Å². The van der Waals surface area contributed by atoms with Crippen molar-refractivity contribution in [2.24, 2.45) is 0 Å². The second kappa shape index (κ2) is 10.6. The van der Waals surface area contributed by atoms with Gasteiger partial charge < -0.3 is 4.42 Å². The van der Waals surface area contributed by atoms with E-state index >= 15 is 0 Å². The summed E-state index contributed by atoms with van der Waals surface area (Å²) in [5.41, 5.74) is 16.5. The molecule has 8 aromatic carbocycles. The Morgan fingerprint density at radius 1 is 0.300 bits per heavy atom. The van der Waals surface area contributed by atoms with Gasteiger partial charge in [-0.15, -0.1) is 11.3 Å². The summed E-state index contributed by atoms with van der Waals surface area (Å²) >= 11 is 1.86. The minimum absolute atomic E-state index is 0.903. The van der Waals surface area contributed by atoms with E-state index in [-0.39, 0.29) is 0 Å². The van der Waals surface area contributed by atoms with Crippen molar-refractivity contribution in [1.29, 1.82) is 0 Å². The van der Waals surface area contributed by atoms with Gasteiger partial charge in [0.1, 0.15) is 11.2 Å². The molecule has 2 heterocycles. The molecular formula is C48H28OS. The Hall–Kier alpha value is -6.22. The van der Waals surface area contributed by atoms with Gasteiger partial charge in [-0.2, -0.15) is 0 Å². The molecule has 0 amide bonds. The van der Waals surface area contributed by atoms with Crippen molar-refractivity contribution in [3.05, 3.63) is 170 Å². The summed E-state index contributed by atoms with van der Waals surface area (Å²) in [6.07, 6.45) is 0. The molecule has 0 aliphatic heterocycles. The Labute approximate surface area is 293 Å². The third-order valence-corrected chi connectivity index (χ3v) is 11.6. The number of thiophene rings is 1. The molecular weight excluding hydrogens is 625 g/mol. The summed E-state index contributed by atoms with van der Waals surface area (Å²) in [5.74, 6) is 0. The predicted octanol–water partition coefficient (Wildman–Crippen LogP) is 14.3. The van der Waals surface area contributed by atoms with Crippen LogP contribution in [-0.4, -0.2) is 0 Å². The van der Waals surface area contributed by atoms with Gasteiger partial charge in [0, 0.05) is 36.5 Å². The SMILES string of the molecule is c1ccc2c(c1)-c1ccccc1-c1ccc(-c3cccc4c3oc3ccc(-c5ccc6sc7ccccc7c6c5)cc34)cc1-c1ccccc1-2. The standard InChI is InChI=1S/C48H28OS/c1-2-11-34-33(10-1)35-12-3-4-14-37(35)39-23-20-31(28-42(39)38-15-6-5-13-36(34)38)32-17-9-18-41-43-26-29(21-24-45(43)49-48(32)41)30-22-25-47-44(27-30)40-16-7-8-19-46(40)50-47/h1-28H. The molecule has 0 unspecified atom stereocenters. The lowest BCUT2D eigenvalue weighted by Gasteiger charge is -2.23. The number of fused-ring (bicyclic) bond motifs is 14. The normalized spacial score (nSPS) is 12.0. The van der Waals surface area contributed by atoms with Gasteiger partial charge in [0.05, 0.1) is 0 Å². The number of rotatable bonds is 2. The maximum atomic E-state index is 6.71. The smallest absolute Gasteiger partial charge is 0.143 e. The molecule has 50 heavy (non-hydrogen) atoms. The van der Waals surface area contributed by atoms with Crippen LogP contribution in [-0.2, 0) is 0 Å². The minimum atomic E-state index is 0.903. The Balaban J connectivity index is 1.09. The van der Waals surface area contributed by atoms with E-state index in [1.54, 1.807) is 0 Å². The van der Waals surface area contributed by atoms with Gasteiger partial charge in [0.2, 0.25) is 0 Å². The Kier molecular flexibility index (Phi) is 5.89. The van der Waals surface area contributed by atoms with Crippen LogP contribution in [0.5, 0.6) is 0 Å². The topological polar surface area (TPSA) is 13.1 Å². The first kappa shape index (κ1) is 27.7. The lowest BCUT2D eigenvalue weighted by Crippen LogP contribution is -1.97. The number of benzene rings is 8. The Bertz CT molecular complexity index is 2990. The third-order valence-electron chi connectivity index (χ3n) is 10.5. The fourth-order valence-electron chi connectivity index (χ4n) is 8.14. The highest BCUT2D eigenvalue weighted by Gasteiger charge is 2.23. The quantitative estimate of drug-likeness (QED) is 0.181. The average Bonchev–Trinajstić information content (AvgIpc) is 3.75. The van der Waals surface area contributed by atoms with Crippen LogP contribution in [0.15, 0.2) is 174 Å². The van der Waals surface area contributed by atoms with Crippen LogP contribution in [0.3, 0.4) is 0 Å². The molecule has 0 saturated carbocycles. The van der Waals surface area contributed by atoms with Gasteiger partial charge in [-0.1, -0.05) is 133 Å². The summed E-state index contributed by atoms with van der Waals surface area (Å²) in [6, 6.07) is 62.1. The second-order valence-electron chi connectivity index (χ2n) is 13.2. The zero-order valence-corrected chi connectivity index (χ0v) is 27.8. The highest BCUT2D eigenvalue weighted by molar-refractivity contribution is 7.25. The summed E-state index contributed by atoms with van der Waals surface area (Å²) < 4.78 is 9.36. The van der Waals surface area contributed by atoms with Crippen molar-refractivity contribution < 1.29 is 4.42 Å². The van der Waals surface area contributed by atoms with Crippen LogP contribution < -0.4 is 0 Å². The monoisotopic (exact) mass is 652 g/mol. The van der Waals surface area contributed by atoms with E-state index in [1.165, 1.54) is 75.8 Å². The average molecular weight is 653 g/mol. The zero-order chi connectivity index (χ0) is 32.8. The fourth-order valence-corrected chi connectivity index (χ4v) is 9.23. The second-order valence-corrected chi connectivity index (χ2v) is 14.3. The third kappa shape index (κ3) is 4.06. The largest absolute Gasteiger partial charge is 0.455 e. The first-order valence-electron chi connectivity index (χ1n) is 17.1. The van der Waals surface area contributed by atoms with E-state index < -0.39 is 0 Å². The molecule has 0 fully saturated rings. The highest BCUT2D eigenvalue weighted by Crippen LogP contribution is 2.49. The molecule has 10 aromatic rings. The molecule has 0 atom stereocenters. The van der Waals surface area contributed by atoms with Gasteiger partial charge in [0.25, 0.3) is 0 Å². The van der Waals surface area contributed by atoms with Crippen molar-refractivity contribution in [1.82, 2.24) is 0 Å². The molecule has 0 saturated heterocycles. The molecule has 1 nitrogen and oxygen atoms in total. The minimum Gasteiger partial charge on any atom is -0.455 e. The van der Waals surface area contributed by atoms with Crippen molar-refractivity contribution in [2.75, 3.05) is 0 Å². The van der Waals surface area contributed by atoms with E-state index in [9.17, 15) is 0 Å². The summed E-state index contributed by atoms with van der Waals surface area (Å²) in [6.45, 7) is 0. The van der Waals surface area contributed by atoms with E-state index in [2.05, 4.69) is 170 Å². The molecule has 1 aliphatic carbocycles. The van der Waals surface area contributed by atoms with Crippen molar-refractivity contribution in [3.8, 4) is 66.8 Å². The lowest BCUT2D eigenvalue weighted by molar-refractivity contribution is 0.670. The molecule has 0 bridgehead atoms. The number of hydrogen-bond donors (Lipinski definition) is 0. The highest BCUT2D eigenvalue weighted by atomic mass is 32.1. The lowest BCUT2D eigenvalue weighted by atomic mass is 9.80. The first-order valence-corrected chi connectivity index (χ1v) is 17.9. The molecule has 11 rings (SSSR count). The van der Waals surface area contributed by atoms with E-state index in [4.69, 9.17) is 4.42 Å². The maximum absolute atomic E-state index is 6.71. The van der Waals surface area contributed by atoms with Gasteiger partial charge in [-0.05, 0) is 97.6 Å². The van der Waals surface area contributed by atoms with E-state index in [1.807, 2.05) is 11.3 Å². The van der Waals surface area contributed by atoms with E-state index in [0.29, 0.717) is 0 Å². The van der Waals surface area contributed by atoms with Crippen LogP contribution in [0, 0.1) is 0 Å². The van der Waals surface area contributed by atoms with Crippen molar-refractivity contribution in [3.63, 3.8) is 0 Å². The van der Waals surface area contributed by atoms with Gasteiger partial charge in [-0.25, -0.2) is 0 Å². The molecule has 0 spiro atoms. The molecule has 232 valence electrons. The van der Waals surface area contributed by atoms with E-state index in [0.717, 1.165) is 33.1 Å². The van der Waals surface area contributed by atoms with Crippen molar-refractivity contribution >= 4 is 53.4 Å². The first-order chi connectivity index (χ1) is 24.8. The molecule has 1 aliphatic rings. The van der Waals surface area contributed by atoms with Crippen LogP contribution in [0.2, 0.25) is 0 Å². The number of furan rings is 1. The van der Waals surface area contributed by atoms with Crippen molar-refractivity contribution in [2.45, 2.75) is 0 Å².